The second-order valence-corrected chi connectivity index (χ2v) is 10.0. The molecule has 0 radical (unpaired) electrons. The van der Waals surface area contributed by atoms with Crippen molar-refractivity contribution in [3.8, 4) is 5.75 Å². The molecule has 1 atom stereocenters. The maximum Gasteiger partial charge on any atom is 0.243 e. The molecule has 0 aromatic heterocycles. The number of amides is 1. The first-order valence-electron chi connectivity index (χ1n) is 10.3. The summed E-state index contributed by atoms with van der Waals surface area (Å²) < 4.78 is 33.3. The number of likely N-dealkylation sites (tertiary alicyclic amines) is 1. The summed E-state index contributed by atoms with van der Waals surface area (Å²) in [5, 5.41) is 0. The summed E-state index contributed by atoms with van der Waals surface area (Å²) in [6, 6.07) is 4.98. The van der Waals surface area contributed by atoms with Gasteiger partial charge in [-0.3, -0.25) is 4.79 Å². The van der Waals surface area contributed by atoms with Crippen molar-refractivity contribution < 1.29 is 17.9 Å². The molecule has 6 nitrogen and oxygen atoms in total. The Morgan fingerprint density at radius 1 is 1.18 bits per heavy atom. The van der Waals surface area contributed by atoms with Gasteiger partial charge in [-0.15, -0.1) is 0 Å². The van der Waals surface area contributed by atoms with E-state index in [1.54, 1.807) is 18.2 Å². The summed E-state index contributed by atoms with van der Waals surface area (Å²) in [6.45, 7) is 8.84. The molecule has 1 aromatic rings. The van der Waals surface area contributed by atoms with Gasteiger partial charge in [0.05, 0.1) is 17.4 Å². The Bertz CT molecular complexity index is 801. The van der Waals surface area contributed by atoms with Crippen molar-refractivity contribution in [3.63, 3.8) is 0 Å². The molecule has 1 amide bonds. The van der Waals surface area contributed by atoms with Crippen LogP contribution in [0, 0.1) is 18.8 Å². The molecule has 0 aliphatic carbocycles. The molecule has 7 heteroatoms. The molecule has 0 N–H and O–H groups in total. The molecule has 2 aliphatic heterocycles. The van der Waals surface area contributed by atoms with Gasteiger partial charge >= 0.3 is 0 Å². The van der Waals surface area contributed by atoms with E-state index in [0.717, 1.165) is 44.3 Å². The average Bonchev–Trinajstić information content (AvgIpc) is 2.69. The standard InChI is InChI=1S/C21H32N2O4S/c1-4-27-20-8-7-19(14-17(20)3)28(25,26)23-11-5-6-18(15-23)21(24)22-12-9-16(2)10-13-22/h7-8,14,16,18H,4-6,9-13,15H2,1-3H3/t18-/m0/s1. The molecule has 2 aliphatic rings. The van der Waals surface area contributed by atoms with E-state index in [1.807, 2.05) is 18.7 Å². The van der Waals surface area contributed by atoms with E-state index in [1.165, 1.54) is 4.31 Å². The molecular weight excluding hydrogens is 376 g/mol. The van der Waals surface area contributed by atoms with Crippen LogP contribution in [0.15, 0.2) is 23.1 Å². The normalized spacial score (nSPS) is 22.2. The highest BCUT2D eigenvalue weighted by Gasteiger charge is 2.35. The zero-order chi connectivity index (χ0) is 20.3. The smallest absolute Gasteiger partial charge is 0.243 e. The van der Waals surface area contributed by atoms with Crippen molar-refractivity contribution in [1.29, 1.82) is 0 Å². The Morgan fingerprint density at radius 3 is 2.54 bits per heavy atom. The Kier molecular flexibility index (Phi) is 6.65. The van der Waals surface area contributed by atoms with Gasteiger partial charge in [-0.25, -0.2) is 8.42 Å². The zero-order valence-corrected chi connectivity index (χ0v) is 18.0. The molecule has 28 heavy (non-hydrogen) atoms. The van der Waals surface area contributed by atoms with Gasteiger partial charge in [0.1, 0.15) is 5.75 Å². The van der Waals surface area contributed by atoms with E-state index >= 15 is 0 Å². The fourth-order valence-electron chi connectivity index (χ4n) is 4.10. The number of nitrogens with zero attached hydrogens (tertiary/aromatic N) is 2. The SMILES string of the molecule is CCOc1ccc(S(=O)(=O)N2CCC[C@H](C(=O)N3CCC(C)CC3)C2)cc1C. The van der Waals surface area contributed by atoms with Crippen LogP contribution in [0.3, 0.4) is 0 Å². The van der Waals surface area contributed by atoms with Gasteiger partial charge in [0.2, 0.25) is 15.9 Å². The summed E-state index contributed by atoms with van der Waals surface area (Å²) in [6.07, 6.45) is 3.55. The Hall–Kier alpha value is -1.60. The number of aryl methyl sites for hydroxylation is 1. The molecule has 2 saturated heterocycles. The highest BCUT2D eigenvalue weighted by atomic mass is 32.2. The maximum atomic E-state index is 13.2. The van der Waals surface area contributed by atoms with E-state index in [-0.39, 0.29) is 23.3 Å². The van der Waals surface area contributed by atoms with Gasteiger partial charge in [0.15, 0.2) is 0 Å². The van der Waals surface area contributed by atoms with Crippen molar-refractivity contribution >= 4 is 15.9 Å². The van der Waals surface area contributed by atoms with Crippen molar-refractivity contribution in [2.24, 2.45) is 11.8 Å². The van der Waals surface area contributed by atoms with Crippen LogP contribution in [-0.2, 0) is 14.8 Å². The van der Waals surface area contributed by atoms with E-state index in [9.17, 15) is 13.2 Å². The number of ether oxygens (including phenoxy) is 1. The highest BCUT2D eigenvalue weighted by molar-refractivity contribution is 7.89. The Morgan fingerprint density at radius 2 is 1.89 bits per heavy atom. The van der Waals surface area contributed by atoms with Crippen LogP contribution < -0.4 is 4.74 Å². The number of sulfonamides is 1. The van der Waals surface area contributed by atoms with Gasteiger partial charge in [-0.1, -0.05) is 6.92 Å². The first-order valence-corrected chi connectivity index (χ1v) is 11.8. The molecular formula is C21H32N2O4S. The van der Waals surface area contributed by atoms with E-state index < -0.39 is 10.0 Å². The third-order valence-electron chi connectivity index (χ3n) is 5.91. The van der Waals surface area contributed by atoms with Crippen molar-refractivity contribution in [3.05, 3.63) is 23.8 Å². The first kappa shape index (κ1) is 21.1. The largest absolute Gasteiger partial charge is 0.494 e. The number of hydrogen-bond acceptors (Lipinski definition) is 4. The van der Waals surface area contributed by atoms with E-state index in [2.05, 4.69) is 6.92 Å². The average molecular weight is 409 g/mol. The summed E-state index contributed by atoms with van der Waals surface area (Å²) in [5.41, 5.74) is 0.801. The zero-order valence-electron chi connectivity index (χ0n) is 17.2. The monoisotopic (exact) mass is 408 g/mol. The van der Waals surface area contributed by atoms with Crippen LogP contribution in [0.5, 0.6) is 5.75 Å². The lowest BCUT2D eigenvalue weighted by Gasteiger charge is -2.37. The Balaban J connectivity index is 1.72. The fourth-order valence-corrected chi connectivity index (χ4v) is 5.71. The number of benzene rings is 1. The maximum absolute atomic E-state index is 13.2. The topological polar surface area (TPSA) is 66.9 Å². The van der Waals surface area contributed by atoms with Gasteiger partial charge in [-0.05, 0) is 69.2 Å². The number of carbonyl (C=O) groups excluding carboxylic acids is 1. The molecule has 0 spiro atoms. The summed E-state index contributed by atoms with van der Waals surface area (Å²) in [5.74, 6) is 1.25. The second-order valence-electron chi connectivity index (χ2n) is 8.07. The van der Waals surface area contributed by atoms with Gasteiger partial charge < -0.3 is 9.64 Å². The minimum atomic E-state index is -3.62. The molecule has 2 heterocycles. The highest BCUT2D eigenvalue weighted by Crippen LogP contribution is 2.29. The van der Waals surface area contributed by atoms with Crippen LogP contribution in [-0.4, -0.2) is 56.3 Å². The molecule has 0 saturated carbocycles. The predicted molar refractivity (Wildman–Crippen MR) is 109 cm³/mol. The lowest BCUT2D eigenvalue weighted by atomic mass is 9.94. The van der Waals surface area contributed by atoms with Crippen LogP contribution in [0.2, 0.25) is 0 Å². The Labute approximate surface area is 168 Å². The number of piperidine rings is 2. The lowest BCUT2D eigenvalue weighted by molar-refractivity contribution is -0.138. The van der Waals surface area contributed by atoms with Crippen LogP contribution >= 0.6 is 0 Å². The minimum Gasteiger partial charge on any atom is -0.494 e. The quantitative estimate of drug-likeness (QED) is 0.751. The number of hydrogen-bond donors (Lipinski definition) is 0. The minimum absolute atomic E-state index is 0.120. The lowest BCUT2D eigenvalue weighted by Crippen LogP contribution is -2.48. The molecule has 1 aromatic carbocycles. The number of carbonyl (C=O) groups is 1. The van der Waals surface area contributed by atoms with Gasteiger partial charge in [0, 0.05) is 26.2 Å². The van der Waals surface area contributed by atoms with Crippen molar-refractivity contribution in [2.45, 2.75) is 51.3 Å². The molecule has 2 fully saturated rings. The molecule has 0 bridgehead atoms. The third-order valence-corrected chi connectivity index (χ3v) is 7.77. The molecule has 3 rings (SSSR count). The van der Waals surface area contributed by atoms with Crippen LogP contribution in [0.1, 0.15) is 45.1 Å². The van der Waals surface area contributed by atoms with Crippen molar-refractivity contribution in [1.82, 2.24) is 9.21 Å². The summed E-state index contributed by atoms with van der Waals surface area (Å²) in [7, 11) is -3.62. The first-order chi connectivity index (χ1) is 13.3. The van der Waals surface area contributed by atoms with Crippen LogP contribution in [0.25, 0.3) is 0 Å². The van der Waals surface area contributed by atoms with Gasteiger partial charge in [-0.2, -0.15) is 4.31 Å². The second kappa shape index (κ2) is 8.82. The molecule has 156 valence electrons. The number of rotatable bonds is 5. The fraction of sp³-hybridized carbons (Fsp3) is 0.667. The van der Waals surface area contributed by atoms with Gasteiger partial charge in [0.25, 0.3) is 0 Å². The third kappa shape index (κ3) is 4.51. The summed E-state index contributed by atoms with van der Waals surface area (Å²) >= 11 is 0. The van der Waals surface area contributed by atoms with Crippen LogP contribution in [0.4, 0.5) is 0 Å². The van der Waals surface area contributed by atoms with E-state index in [4.69, 9.17) is 4.74 Å². The molecule has 0 unspecified atom stereocenters. The summed E-state index contributed by atoms with van der Waals surface area (Å²) in [4.78, 5) is 15.1. The van der Waals surface area contributed by atoms with E-state index in [0.29, 0.717) is 24.8 Å². The predicted octanol–water partition coefficient (Wildman–Crippen LogP) is 3.05. The van der Waals surface area contributed by atoms with Crippen molar-refractivity contribution in [2.75, 3.05) is 32.8 Å².